The number of phenols is 1. The Labute approximate surface area is 90.5 Å². The molecule has 0 radical (unpaired) electrons. The third-order valence-corrected chi connectivity index (χ3v) is 2.29. The molecule has 0 unspecified atom stereocenters. The van der Waals surface area contributed by atoms with E-state index in [-0.39, 0.29) is 5.75 Å². The number of unbranched alkanes of at least 4 members (excludes halogenated alkanes) is 1. The molecule has 15 heavy (non-hydrogen) atoms. The van der Waals surface area contributed by atoms with Crippen LogP contribution in [0.2, 0.25) is 0 Å². The van der Waals surface area contributed by atoms with Crippen molar-refractivity contribution in [2.45, 2.75) is 26.2 Å². The van der Waals surface area contributed by atoms with Gasteiger partial charge in [-0.25, -0.2) is 0 Å². The van der Waals surface area contributed by atoms with E-state index in [1.165, 1.54) is 6.07 Å². The van der Waals surface area contributed by atoms with Crippen LogP contribution in [0.5, 0.6) is 5.75 Å². The van der Waals surface area contributed by atoms with Gasteiger partial charge in [-0.15, -0.1) is 0 Å². The minimum atomic E-state index is 0.127. The summed E-state index contributed by atoms with van der Waals surface area (Å²) in [5, 5.41) is 18.2. The van der Waals surface area contributed by atoms with Gasteiger partial charge in [0.25, 0.3) is 0 Å². The molecule has 78 valence electrons. The summed E-state index contributed by atoms with van der Waals surface area (Å²) in [5.74, 6) is 0.127. The molecule has 0 aromatic heterocycles. The summed E-state index contributed by atoms with van der Waals surface area (Å²) in [6.45, 7) is 6.08. The average molecular weight is 201 g/mol. The van der Waals surface area contributed by atoms with E-state index in [9.17, 15) is 5.11 Å². The second-order valence-corrected chi connectivity index (χ2v) is 3.59. The van der Waals surface area contributed by atoms with Gasteiger partial charge in [-0.05, 0) is 42.2 Å². The zero-order valence-corrected chi connectivity index (χ0v) is 8.95. The summed E-state index contributed by atoms with van der Waals surface area (Å²) in [6.07, 6.45) is 3.10. The molecule has 0 aliphatic carbocycles. The fourth-order valence-electron chi connectivity index (χ4n) is 1.41. The van der Waals surface area contributed by atoms with Crippen LogP contribution in [0.25, 0.3) is 5.57 Å². The summed E-state index contributed by atoms with van der Waals surface area (Å²) >= 11 is 0. The highest BCUT2D eigenvalue weighted by Gasteiger charge is 2.03. The Kier molecular flexibility index (Phi) is 3.93. The molecule has 0 aliphatic heterocycles. The highest BCUT2D eigenvalue weighted by Crippen LogP contribution is 2.24. The largest absolute Gasteiger partial charge is 0.508 e. The molecule has 1 aromatic carbocycles. The maximum absolute atomic E-state index is 9.41. The first-order valence-electron chi connectivity index (χ1n) is 5.09. The quantitative estimate of drug-likeness (QED) is 0.810. The van der Waals surface area contributed by atoms with Gasteiger partial charge in [0, 0.05) is 0 Å². The normalized spacial score (nSPS) is 9.60. The third kappa shape index (κ3) is 3.14. The second-order valence-electron chi connectivity index (χ2n) is 3.59. The molecular weight excluding hydrogens is 186 g/mol. The van der Waals surface area contributed by atoms with Crippen LogP contribution in [-0.2, 0) is 0 Å². The Morgan fingerprint density at radius 3 is 2.80 bits per heavy atom. The standard InChI is InChI=1S/C13H15NO/c1-3-4-5-10(2)12-6-11(9-14)7-13(15)8-12/h6-8,15H,2-5H2,1H3. The first-order valence-corrected chi connectivity index (χ1v) is 5.09. The van der Waals surface area contributed by atoms with Gasteiger partial charge in [-0.3, -0.25) is 0 Å². The van der Waals surface area contributed by atoms with Crippen LogP contribution in [-0.4, -0.2) is 5.11 Å². The van der Waals surface area contributed by atoms with Gasteiger partial charge in [0.05, 0.1) is 11.6 Å². The maximum Gasteiger partial charge on any atom is 0.117 e. The summed E-state index contributed by atoms with van der Waals surface area (Å²) in [5.41, 5.74) is 2.31. The SMILES string of the molecule is C=C(CCCC)c1cc(O)cc(C#N)c1. The van der Waals surface area contributed by atoms with E-state index < -0.39 is 0 Å². The van der Waals surface area contributed by atoms with Crippen LogP contribution in [0, 0.1) is 11.3 Å². The van der Waals surface area contributed by atoms with Crippen molar-refractivity contribution in [1.82, 2.24) is 0 Å². The average Bonchev–Trinajstić information content (AvgIpc) is 2.24. The number of rotatable bonds is 4. The number of aromatic hydroxyl groups is 1. The van der Waals surface area contributed by atoms with Crippen molar-refractivity contribution in [3.8, 4) is 11.8 Å². The number of nitrogens with zero attached hydrogens (tertiary/aromatic N) is 1. The van der Waals surface area contributed by atoms with Gasteiger partial charge in [0.2, 0.25) is 0 Å². The van der Waals surface area contributed by atoms with Crippen LogP contribution in [0.1, 0.15) is 37.3 Å². The molecule has 0 atom stereocenters. The Balaban J connectivity index is 2.90. The fraction of sp³-hybridized carbons (Fsp3) is 0.308. The number of benzene rings is 1. The van der Waals surface area contributed by atoms with Gasteiger partial charge in [0.1, 0.15) is 5.75 Å². The second kappa shape index (κ2) is 5.21. The Morgan fingerprint density at radius 1 is 1.47 bits per heavy atom. The van der Waals surface area contributed by atoms with Gasteiger partial charge in [0.15, 0.2) is 0 Å². The van der Waals surface area contributed by atoms with Crippen LogP contribution in [0.3, 0.4) is 0 Å². The lowest BCUT2D eigenvalue weighted by Crippen LogP contribution is -1.85. The zero-order valence-electron chi connectivity index (χ0n) is 8.95. The molecule has 0 bridgehead atoms. The lowest BCUT2D eigenvalue weighted by atomic mass is 10.00. The number of hydrogen-bond acceptors (Lipinski definition) is 2. The van der Waals surface area contributed by atoms with Crippen molar-refractivity contribution in [2.24, 2.45) is 0 Å². The number of allylic oxidation sites excluding steroid dienone is 1. The van der Waals surface area contributed by atoms with Crippen LogP contribution in [0.15, 0.2) is 24.8 Å². The molecule has 2 heteroatoms. The molecule has 1 rings (SSSR count). The highest BCUT2D eigenvalue weighted by atomic mass is 16.3. The van der Waals surface area contributed by atoms with Gasteiger partial charge >= 0.3 is 0 Å². The summed E-state index contributed by atoms with van der Waals surface area (Å²) < 4.78 is 0. The molecular formula is C13H15NO. The molecule has 0 spiro atoms. The molecule has 0 aliphatic rings. The number of hydrogen-bond donors (Lipinski definition) is 1. The van der Waals surface area contributed by atoms with E-state index in [1.54, 1.807) is 12.1 Å². The molecule has 1 N–H and O–H groups in total. The Bertz CT molecular complexity index is 401. The molecule has 2 nitrogen and oxygen atoms in total. The summed E-state index contributed by atoms with van der Waals surface area (Å²) in [7, 11) is 0. The van der Waals surface area contributed by atoms with Crippen molar-refractivity contribution in [1.29, 1.82) is 5.26 Å². The first-order chi connectivity index (χ1) is 7.17. The molecule has 0 saturated carbocycles. The van der Waals surface area contributed by atoms with Crippen molar-refractivity contribution >= 4 is 5.57 Å². The molecule has 0 amide bonds. The Hall–Kier alpha value is -1.75. The minimum Gasteiger partial charge on any atom is -0.508 e. The van der Waals surface area contributed by atoms with Crippen molar-refractivity contribution < 1.29 is 5.11 Å². The minimum absolute atomic E-state index is 0.127. The molecule has 0 saturated heterocycles. The van der Waals surface area contributed by atoms with Crippen LogP contribution < -0.4 is 0 Å². The highest BCUT2D eigenvalue weighted by molar-refractivity contribution is 5.66. The zero-order chi connectivity index (χ0) is 11.3. The smallest absolute Gasteiger partial charge is 0.117 e. The molecule has 1 aromatic rings. The van der Waals surface area contributed by atoms with Gasteiger partial charge in [-0.1, -0.05) is 19.9 Å². The Morgan fingerprint density at radius 2 is 2.20 bits per heavy atom. The van der Waals surface area contributed by atoms with Gasteiger partial charge < -0.3 is 5.11 Å². The topological polar surface area (TPSA) is 44.0 Å². The lowest BCUT2D eigenvalue weighted by Gasteiger charge is -2.06. The van der Waals surface area contributed by atoms with Crippen molar-refractivity contribution in [3.05, 3.63) is 35.9 Å². The van der Waals surface area contributed by atoms with Gasteiger partial charge in [-0.2, -0.15) is 5.26 Å². The predicted octanol–water partition coefficient (Wildman–Crippen LogP) is 3.47. The van der Waals surface area contributed by atoms with E-state index in [2.05, 4.69) is 13.5 Å². The first kappa shape index (κ1) is 11.3. The molecule has 0 fully saturated rings. The maximum atomic E-state index is 9.41. The molecule has 0 heterocycles. The fourth-order valence-corrected chi connectivity index (χ4v) is 1.41. The predicted molar refractivity (Wildman–Crippen MR) is 61.4 cm³/mol. The summed E-state index contributed by atoms with van der Waals surface area (Å²) in [4.78, 5) is 0. The van der Waals surface area contributed by atoms with E-state index in [4.69, 9.17) is 5.26 Å². The van der Waals surface area contributed by atoms with Crippen LogP contribution >= 0.6 is 0 Å². The third-order valence-electron chi connectivity index (χ3n) is 2.29. The number of phenolic OH excluding ortho intramolecular Hbond substituents is 1. The number of nitriles is 1. The lowest BCUT2D eigenvalue weighted by molar-refractivity contribution is 0.475. The van der Waals surface area contributed by atoms with E-state index >= 15 is 0 Å². The van der Waals surface area contributed by atoms with Crippen LogP contribution in [0.4, 0.5) is 0 Å². The van der Waals surface area contributed by atoms with E-state index in [1.807, 2.05) is 6.07 Å². The summed E-state index contributed by atoms with van der Waals surface area (Å²) in [6, 6.07) is 6.89. The van der Waals surface area contributed by atoms with E-state index in [0.29, 0.717) is 5.56 Å². The van der Waals surface area contributed by atoms with E-state index in [0.717, 1.165) is 30.4 Å². The van der Waals surface area contributed by atoms with Crippen molar-refractivity contribution in [2.75, 3.05) is 0 Å². The van der Waals surface area contributed by atoms with Crippen molar-refractivity contribution in [3.63, 3.8) is 0 Å². The monoisotopic (exact) mass is 201 g/mol.